The highest BCUT2D eigenvalue weighted by atomic mass is 16.3. The van der Waals surface area contributed by atoms with Crippen LogP contribution in [0.25, 0.3) is 0 Å². The highest BCUT2D eigenvalue weighted by Gasteiger charge is 2.18. The fraction of sp³-hybridized carbons (Fsp3) is 0.294. The van der Waals surface area contributed by atoms with Gasteiger partial charge in [0.1, 0.15) is 11.5 Å². The maximum Gasteiger partial charge on any atom is 0.138 e. The average Bonchev–Trinajstić information content (AvgIpc) is 2.49. The summed E-state index contributed by atoms with van der Waals surface area (Å²) in [6.07, 6.45) is 0.0866. The fourth-order valence-electron chi connectivity index (χ4n) is 2.38. The summed E-state index contributed by atoms with van der Waals surface area (Å²) in [5.74, 6) is 0.424. The third kappa shape index (κ3) is 3.67. The Labute approximate surface area is 124 Å². The Balaban J connectivity index is 2.11. The zero-order chi connectivity index (χ0) is 15.4. The van der Waals surface area contributed by atoms with Crippen LogP contribution in [0.1, 0.15) is 24.2 Å². The van der Waals surface area contributed by atoms with Crippen molar-refractivity contribution in [2.75, 3.05) is 12.4 Å². The number of aliphatic hydroxyl groups is 1. The molecule has 0 amide bonds. The van der Waals surface area contributed by atoms with E-state index in [4.69, 9.17) is 0 Å². The number of aliphatic hydroxyl groups excluding tert-OH is 1. The maximum atomic E-state index is 10.5. The Morgan fingerprint density at radius 2 is 1.71 bits per heavy atom. The number of nitrogens with one attached hydrogen (secondary N) is 1. The van der Waals surface area contributed by atoms with Gasteiger partial charge in [0, 0.05) is 7.05 Å². The van der Waals surface area contributed by atoms with E-state index in [1.165, 1.54) is 0 Å². The van der Waals surface area contributed by atoms with Gasteiger partial charge >= 0.3 is 0 Å². The van der Waals surface area contributed by atoms with Crippen molar-refractivity contribution in [3.8, 4) is 11.5 Å². The van der Waals surface area contributed by atoms with Crippen LogP contribution in [0.3, 0.4) is 0 Å². The first-order valence-electron chi connectivity index (χ1n) is 6.98. The minimum atomic E-state index is -0.619. The summed E-state index contributed by atoms with van der Waals surface area (Å²) < 4.78 is 0. The molecule has 0 spiro atoms. The SMILES string of the molecule is CNc1cc(C(O)C(C)Cc2ccc(O)cc2)ccc1O. The van der Waals surface area contributed by atoms with Crippen LogP contribution in [-0.2, 0) is 6.42 Å². The van der Waals surface area contributed by atoms with E-state index in [9.17, 15) is 15.3 Å². The zero-order valence-electron chi connectivity index (χ0n) is 12.2. The van der Waals surface area contributed by atoms with Crippen molar-refractivity contribution in [3.05, 3.63) is 53.6 Å². The van der Waals surface area contributed by atoms with Gasteiger partial charge in [-0.05, 0) is 47.7 Å². The quantitative estimate of drug-likeness (QED) is 0.638. The largest absolute Gasteiger partial charge is 0.508 e. The second kappa shape index (κ2) is 6.50. The summed E-state index contributed by atoms with van der Waals surface area (Å²) in [5.41, 5.74) is 2.43. The van der Waals surface area contributed by atoms with Gasteiger partial charge < -0.3 is 20.6 Å². The molecule has 0 fully saturated rings. The van der Waals surface area contributed by atoms with E-state index in [0.29, 0.717) is 12.1 Å². The highest BCUT2D eigenvalue weighted by molar-refractivity contribution is 5.57. The van der Waals surface area contributed by atoms with Crippen LogP contribution in [0.4, 0.5) is 5.69 Å². The van der Waals surface area contributed by atoms with E-state index < -0.39 is 6.10 Å². The van der Waals surface area contributed by atoms with Crippen molar-refractivity contribution in [1.82, 2.24) is 0 Å². The van der Waals surface area contributed by atoms with Crippen molar-refractivity contribution < 1.29 is 15.3 Å². The van der Waals surface area contributed by atoms with E-state index in [1.54, 1.807) is 37.4 Å². The molecule has 0 aliphatic rings. The molecule has 21 heavy (non-hydrogen) atoms. The van der Waals surface area contributed by atoms with Crippen LogP contribution in [-0.4, -0.2) is 22.4 Å². The minimum Gasteiger partial charge on any atom is -0.508 e. The second-order valence-corrected chi connectivity index (χ2v) is 5.32. The first-order chi connectivity index (χ1) is 10.0. The molecule has 0 saturated carbocycles. The van der Waals surface area contributed by atoms with Crippen LogP contribution in [0.15, 0.2) is 42.5 Å². The molecule has 2 aromatic rings. The number of hydrogen-bond acceptors (Lipinski definition) is 4. The number of aromatic hydroxyl groups is 2. The van der Waals surface area contributed by atoms with Crippen LogP contribution in [0.2, 0.25) is 0 Å². The van der Waals surface area contributed by atoms with E-state index >= 15 is 0 Å². The number of hydrogen-bond donors (Lipinski definition) is 4. The number of benzene rings is 2. The van der Waals surface area contributed by atoms with E-state index in [2.05, 4.69) is 5.32 Å². The number of rotatable bonds is 5. The zero-order valence-corrected chi connectivity index (χ0v) is 12.2. The van der Waals surface area contributed by atoms with E-state index in [-0.39, 0.29) is 17.4 Å². The Hall–Kier alpha value is -2.20. The lowest BCUT2D eigenvalue weighted by Crippen LogP contribution is -2.12. The molecule has 0 saturated heterocycles. The first-order valence-corrected chi connectivity index (χ1v) is 6.98. The summed E-state index contributed by atoms with van der Waals surface area (Å²) in [6, 6.07) is 12.1. The normalized spacial score (nSPS) is 13.7. The average molecular weight is 287 g/mol. The van der Waals surface area contributed by atoms with Crippen LogP contribution < -0.4 is 5.32 Å². The summed E-state index contributed by atoms with van der Waals surface area (Å²) in [6.45, 7) is 1.98. The number of anilines is 1. The summed E-state index contributed by atoms with van der Waals surface area (Å²) in [4.78, 5) is 0. The van der Waals surface area contributed by atoms with Crippen LogP contribution in [0.5, 0.6) is 11.5 Å². The molecule has 2 unspecified atom stereocenters. The Morgan fingerprint density at radius 1 is 1.05 bits per heavy atom. The molecule has 0 aromatic heterocycles. The molecule has 0 heterocycles. The predicted molar refractivity (Wildman–Crippen MR) is 83.6 cm³/mol. The molecule has 4 heteroatoms. The van der Waals surface area contributed by atoms with Gasteiger partial charge in [0.15, 0.2) is 0 Å². The molecule has 2 aromatic carbocycles. The van der Waals surface area contributed by atoms with E-state index in [0.717, 1.165) is 11.1 Å². The topological polar surface area (TPSA) is 72.7 Å². The molecule has 112 valence electrons. The van der Waals surface area contributed by atoms with Gasteiger partial charge in [0.05, 0.1) is 11.8 Å². The predicted octanol–water partition coefficient (Wildman–Crippen LogP) is 3.05. The van der Waals surface area contributed by atoms with Crippen molar-refractivity contribution in [2.45, 2.75) is 19.4 Å². The molecule has 4 N–H and O–H groups in total. The molecule has 0 bridgehead atoms. The molecule has 2 atom stereocenters. The number of phenolic OH excluding ortho intramolecular Hbond substituents is 2. The van der Waals surface area contributed by atoms with Crippen molar-refractivity contribution in [2.24, 2.45) is 5.92 Å². The lowest BCUT2D eigenvalue weighted by molar-refractivity contribution is 0.117. The molecular formula is C17H21NO3. The smallest absolute Gasteiger partial charge is 0.138 e. The Morgan fingerprint density at radius 3 is 2.33 bits per heavy atom. The maximum absolute atomic E-state index is 10.5. The van der Waals surface area contributed by atoms with Gasteiger partial charge in [0.2, 0.25) is 0 Å². The van der Waals surface area contributed by atoms with Gasteiger partial charge in [-0.25, -0.2) is 0 Å². The minimum absolute atomic E-state index is 0.0174. The molecular weight excluding hydrogens is 266 g/mol. The summed E-state index contributed by atoms with van der Waals surface area (Å²) in [7, 11) is 1.73. The molecule has 4 nitrogen and oxygen atoms in total. The molecule has 0 aliphatic carbocycles. The van der Waals surface area contributed by atoms with Crippen molar-refractivity contribution >= 4 is 5.69 Å². The monoisotopic (exact) mass is 287 g/mol. The lowest BCUT2D eigenvalue weighted by Gasteiger charge is -2.20. The molecule has 0 radical (unpaired) electrons. The number of phenols is 2. The second-order valence-electron chi connectivity index (χ2n) is 5.32. The lowest BCUT2D eigenvalue weighted by atomic mass is 9.91. The summed E-state index contributed by atoms with van der Waals surface area (Å²) in [5, 5.41) is 32.3. The van der Waals surface area contributed by atoms with Gasteiger partial charge in [-0.15, -0.1) is 0 Å². The van der Waals surface area contributed by atoms with Crippen molar-refractivity contribution in [3.63, 3.8) is 0 Å². The van der Waals surface area contributed by atoms with Gasteiger partial charge in [-0.1, -0.05) is 25.1 Å². The Kier molecular flexibility index (Phi) is 4.70. The molecule has 2 rings (SSSR count). The first kappa shape index (κ1) is 15.2. The van der Waals surface area contributed by atoms with Crippen molar-refractivity contribution in [1.29, 1.82) is 0 Å². The standard InChI is InChI=1S/C17H21NO3/c1-11(9-12-3-6-14(19)7-4-12)17(21)13-5-8-16(20)15(10-13)18-2/h3-8,10-11,17-21H,9H2,1-2H3. The van der Waals surface area contributed by atoms with Crippen LogP contribution in [0, 0.1) is 5.92 Å². The highest BCUT2D eigenvalue weighted by Crippen LogP contribution is 2.31. The third-order valence-electron chi connectivity index (χ3n) is 3.66. The van der Waals surface area contributed by atoms with Gasteiger partial charge in [-0.2, -0.15) is 0 Å². The summed E-state index contributed by atoms with van der Waals surface area (Å²) >= 11 is 0. The van der Waals surface area contributed by atoms with Gasteiger partial charge in [0.25, 0.3) is 0 Å². The third-order valence-corrected chi connectivity index (χ3v) is 3.66. The van der Waals surface area contributed by atoms with Crippen LogP contribution >= 0.6 is 0 Å². The van der Waals surface area contributed by atoms with E-state index in [1.807, 2.05) is 19.1 Å². The Bertz CT molecular complexity index is 595. The van der Waals surface area contributed by atoms with Gasteiger partial charge in [-0.3, -0.25) is 0 Å². The fourth-order valence-corrected chi connectivity index (χ4v) is 2.38. The molecule has 0 aliphatic heterocycles.